The number of aldehydes is 1. The van der Waals surface area contributed by atoms with Gasteiger partial charge in [-0.05, 0) is 12.8 Å². The zero-order chi connectivity index (χ0) is 18.4. The maximum Gasteiger partial charge on any atom is 0.282 e. The Bertz CT molecular complexity index is 778. The fraction of sp³-hybridized carbons (Fsp3) is 0.667. The Morgan fingerprint density at radius 2 is 2.20 bits per heavy atom. The van der Waals surface area contributed by atoms with E-state index in [2.05, 4.69) is 4.98 Å². The molecule has 0 N–H and O–H groups in total. The minimum Gasteiger partial charge on any atom is -0.296 e. The summed E-state index contributed by atoms with van der Waals surface area (Å²) in [6.07, 6.45) is 1.94. The second kappa shape index (κ2) is 6.75. The van der Waals surface area contributed by atoms with Crippen LogP contribution in [0.25, 0.3) is 0 Å². The lowest BCUT2D eigenvalue weighted by Crippen LogP contribution is -2.48. The Morgan fingerprint density at radius 3 is 2.80 bits per heavy atom. The monoisotopic (exact) mass is 386 g/mol. The van der Waals surface area contributed by atoms with Crippen molar-refractivity contribution in [2.45, 2.75) is 38.8 Å². The van der Waals surface area contributed by atoms with Crippen molar-refractivity contribution in [1.82, 2.24) is 13.6 Å². The highest BCUT2D eigenvalue weighted by molar-refractivity contribution is 7.86. The van der Waals surface area contributed by atoms with Gasteiger partial charge in [0.05, 0.1) is 18.0 Å². The van der Waals surface area contributed by atoms with Crippen LogP contribution in [-0.4, -0.2) is 66.4 Å². The third-order valence-corrected chi connectivity index (χ3v) is 7.76. The molecular weight excluding hydrogens is 364 g/mol. The molecule has 3 heterocycles. The van der Waals surface area contributed by atoms with Crippen LogP contribution in [0.5, 0.6) is 0 Å². The molecule has 0 aromatic carbocycles. The average Bonchev–Trinajstić information content (AvgIpc) is 3.26. The number of carbonyl (C=O) groups is 2. The molecule has 1 amide bonds. The summed E-state index contributed by atoms with van der Waals surface area (Å²) in [5, 5.41) is 2.07. The van der Waals surface area contributed by atoms with E-state index in [1.165, 1.54) is 19.9 Å². The minimum atomic E-state index is -3.60. The lowest BCUT2D eigenvalue weighted by Gasteiger charge is -2.29. The first-order valence-electron chi connectivity index (χ1n) is 8.29. The third-order valence-electron chi connectivity index (χ3n) is 4.91. The van der Waals surface area contributed by atoms with Crippen molar-refractivity contribution in [1.29, 1.82) is 0 Å². The number of anilines is 1. The van der Waals surface area contributed by atoms with Gasteiger partial charge in [0.25, 0.3) is 10.2 Å². The number of rotatable bonds is 6. The van der Waals surface area contributed by atoms with Gasteiger partial charge in [0.15, 0.2) is 11.4 Å². The third kappa shape index (κ3) is 2.90. The van der Waals surface area contributed by atoms with Crippen molar-refractivity contribution in [2.75, 3.05) is 25.0 Å². The maximum atomic E-state index is 12.9. The summed E-state index contributed by atoms with van der Waals surface area (Å²) in [5.74, 6) is -0.583. The van der Waals surface area contributed by atoms with Gasteiger partial charge in [-0.1, -0.05) is 13.8 Å². The van der Waals surface area contributed by atoms with Crippen LogP contribution in [0, 0.1) is 5.92 Å². The second-order valence-corrected chi connectivity index (χ2v) is 9.28. The van der Waals surface area contributed by atoms with Gasteiger partial charge >= 0.3 is 0 Å². The Morgan fingerprint density at radius 1 is 1.48 bits per heavy atom. The molecule has 1 aromatic heterocycles. The van der Waals surface area contributed by atoms with Crippen LogP contribution in [0.2, 0.25) is 0 Å². The second-order valence-electron chi connectivity index (χ2n) is 6.46. The Labute approximate surface area is 151 Å². The number of nitrogens with zero attached hydrogens (tertiary/aromatic N) is 4. The van der Waals surface area contributed by atoms with E-state index in [-0.39, 0.29) is 17.6 Å². The molecule has 0 radical (unpaired) electrons. The number of hydrogen-bond donors (Lipinski definition) is 0. The van der Waals surface area contributed by atoms with Crippen LogP contribution in [0.4, 0.5) is 5.13 Å². The molecule has 3 atom stereocenters. The van der Waals surface area contributed by atoms with Gasteiger partial charge in [-0.3, -0.25) is 14.5 Å². The number of amides is 1. The molecular formula is C15H22N4O4S2. The normalized spacial score (nSPS) is 27.3. The molecule has 2 aliphatic rings. The Balaban J connectivity index is 1.91. The van der Waals surface area contributed by atoms with Gasteiger partial charge in [0.2, 0.25) is 5.91 Å². The zero-order valence-corrected chi connectivity index (χ0v) is 16.1. The zero-order valence-electron chi connectivity index (χ0n) is 14.5. The number of thiazole rings is 1. The lowest BCUT2D eigenvalue weighted by molar-refractivity contribution is -0.120. The van der Waals surface area contributed by atoms with Gasteiger partial charge < -0.3 is 0 Å². The highest BCUT2D eigenvalue weighted by Gasteiger charge is 2.56. The molecule has 0 bridgehead atoms. The molecule has 2 saturated heterocycles. The SMILES string of the molecule is CCCN(C)S(=O)(=O)N1CC[C@H]2[C@H]1[C@H](C)C(=O)N2c1nc(C=O)cs1. The number of hydrogen-bond acceptors (Lipinski definition) is 6. The van der Waals surface area contributed by atoms with Crippen molar-refractivity contribution in [2.24, 2.45) is 5.92 Å². The highest BCUT2D eigenvalue weighted by Crippen LogP contribution is 2.41. The topological polar surface area (TPSA) is 90.9 Å². The standard InChI is InChI=1S/C15H22N4O4S2/c1-4-6-17(3)25(22,23)18-7-5-12-13(18)10(2)14(21)19(12)15-16-11(8-20)9-24-15/h8-10,12-13H,4-7H2,1-3H3/t10-,12-,13+/m0/s1. The smallest absolute Gasteiger partial charge is 0.282 e. The molecule has 1 aromatic rings. The lowest BCUT2D eigenvalue weighted by atomic mass is 10.0. The van der Waals surface area contributed by atoms with Crippen molar-refractivity contribution in [3.05, 3.63) is 11.1 Å². The number of aromatic nitrogens is 1. The predicted octanol–water partition coefficient (Wildman–Crippen LogP) is 0.968. The van der Waals surface area contributed by atoms with Crippen LogP contribution in [0.3, 0.4) is 0 Å². The molecule has 0 spiro atoms. The van der Waals surface area contributed by atoms with E-state index in [4.69, 9.17) is 0 Å². The largest absolute Gasteiger partial charge is 0.296 e. The molecule has 0 saturated carbocycles. The van der Waals surface area contributed by atoms with Crippen LogP contribution >= 0.6 is 11.3 Å². The highest BCUT2D eigenvalue weighted by atomic mass is 32.2. The molecule has 25 heavy (non-hydrogen) atoms. The number of fused-ring (bicyclic) bond motifs is 1. The predicted molar refractivity (Wildman–Crippen MR) is 94.9 cm³/mol. The van der Waals surface area contributed by atoms with Crippen LogP contribution in [-0.2, 0) is 15.0 Å². The van der Waals surface area contributed by atoms with Crippen molar-refractivity contribution < 1.29 is 18.0 Å². The molecule has 3 rings (SSSR count). The Kier molecular flexibility index (Phi) is 4.97. The van der Waals surface area contributed by atoms with E-state index in [0.29, 0.717) is 30.9 Å². The summed E-state index contributed by atoms with van der Waals surface area (Å²) < 4.78 is 28.6. The summed E-state index contributed by atoms with van der Waals surface area (Å²) in [7, 11) is -2.03. The summed E-state index contributed by atoms with van der Waals surface area (Å²) in [5.41, 5.74) is 0.286. The maximum absolute atomic E-state index is 12.9. The van der Waals surface area contributed by atoms with Crippen molar-refractivity contribution in [3.8, 4) is 0 Å². The molecule has 2 fully saturated rings. The first-order valence-corrected chi connectivity index (χ1v) is 10.6. The molecule has 0 unspecified atom stereocenters. The van der Waals surface area contributed by atoms with E-state index in [1.54, 1.807) is 24.3 Å². The van der Waals surface area contributed by atoms with Crippen LogP contribution in [0.1, 0.15) is 37.2 Å². The average molecular weight is 386 g/mol. The molecule has 10 heteroatoms. The summed E-state index contributed by atoms with van der Waals surface area (Å²) in [6.45, 7) is 4.51. The molecule has 0 aliphatic carbocycles. The summed E-state index contributed by atoms with van der Waals surface area (Å²) in [6, 6.07) is -0.640. The fourth-order valence-electron chi connectivity index (χ4n) is 3.72. The Hall–Kier alpha value is -1.36. The van der Waals surface area contributed by atoms with E-state index in [0.717, 1.165) is 6.42 Å². The van der Waals surface area contributed by atoms with Gasteiger partial charge in [-0.15, -0.1) is 11.3 Å². The molecule has 138 valence electrons. The quantitative estimate of drug-likeness (QED) is 0.680. The van der Waals surface area contributed by atoms with E-state index in [1.807, 2.05) is 6.92 Å². The van der Waals surface area contributed by atoms with Gasteiger partial charge in [-0.25, -0.2) is 4.98 Å². The van der Waals surface area contributed by atoms with Crippen molar-refractivity contribution >= 4 is 38.9 Å². The van der Waals surface area contributed by atoms with Crippen LogP contribution in [0.15, 0.2) is 5.38 Å². The molecule has 2 aliphatic heterocycles. The van der Waals surface area contributed by atoms with Crippen molar-refractivity contribution in [3.63, 3.8) is 0 Å². The van der Waals surface area contributed by atoms with E-state index < -0.39 is 22.2 Å². The van der Waals surface area contributed by atoms with Gasteiger partial charge in [0.1, 0.15) is 5.69 Å². The summed E-state index contributed by atoms with van der Waals surface area (Å²) >= 11 is 1.23. The van der Waals surface area contributed by atoms with Gasteiger partial charge in [-0.2, -0.15) is 17.0 Å². The molecule has 8 nitrogen and oxygen atoms in total. The van der Waals surface area contributed by atoms with Crippen LogP contribution < -0.4 is 4.90 Å². The van der Waals surface area contributed by atoms with E-state index >= 15 is 0 Å². The first-order chi connectivity index (χ1) is 11.8. The van der Waals surface area contributed by atoms with Gasteiger partial charge in [0, 0.05) is 25.5 Å². The van der Waals surface area contributed by atoms with E-state index in [9.17, 15) is 18.0 Å². The minimum absolute atomic E-state index is 0.139. The fourth-order valence-corrected chi connectivity index (χ4v) is 6.29. The summed E-state index contributed by atoms with van der Waals surface area (Å²) in [4.78, 5) is 29.4. The first kappa shape index (κ1) is 18.4. The number of carbonyl (C=O) groups excluding carboxylic acids is 2.